The van der Waals surface area contributed by atoms with Crippen LogP contribution in [0.3, 0.4) is 0 Å². The number of rotatable bonds is 11. The number of aromatic nitrogens is 3. The third-order valence-electron chi connectivity index (χ3n) is 7.06. The molecule has 1 aliphatic heterocycles. The lowest BCUT2D eigenvalue weighted by atomic mass is 10.1. The van der Waals surface area contributed by atoms with Crippen molar-refractivity contribution in [2.45, 2.75) is 38.8 Å². The van der Waals surface area contributed by atoms with Crippen LogP contribution in [0.5, 0.6) is 5.75 Å². The van der Waals surface area contributed by atoms with Gasteiger partial charge < -0.3 is 19.2 Å². The van der Waals surface area contributed by atoms with Crippen molar-refractivity contribution in [1.82, 2.24) is 19.0 Å². The Balaban J connectivity index is 1.15. The zero-order valence-electron chi connectivity index (χ0n) is 21.5. The Bertz CT molecular complexity index is 1600. The average molecular weight is 537 g/mol. The topological polar surface area (TPSA) is 89.3 Å². The fourth-order valence-electron chi connectivity index (χ4n) is 4.97. The zero-order chi connectivity index (χ0) is 27.4. The third-order valence-corrected chi connectivity index (χ3v) is 7.06. The molecule has 10 heteroatoms. The Morgan fingerprint density at radius 1 is 0.974 bits per heavy atom. The molecule has 1 aliphatic rings. The maximum Gasteiger partial charge on any atom is 0.326 e. The number of pyridine rings is 1. The number of H-pyrrole nitrogens is 1. The minimum Gasteiger partial charge on any atom is -0.494 e. The first-order valence-electron chi connectivity index (χ1n) is 13.1. The van der Waals surface area contributed by atoms with Gasteiger partial charge in [-0.15, -0.1) is 0 Å². The van der Waals surface area contributed by atoms with E-state index in [4.69, 9.17) is 4.74 Å². The van der Waals surface area contributed by atoms with Crippen LogP contribution in [0.1, 0.15) is 41.6 Å². The lowest BCUT2D eigenvalue weighted by molar-refractivity contribution is 0.0971. The first-order chi connectivity index (χ1) is 18.9. The number of hydrogen-bond acceptors (Lipinski definition) is 5. The van der Waals surface area contributed by atoms with Crippen LogP contribution in [0.25, 0.3) is 11.0 Å². The van der Waals surface area contributed by atoms with Crippen LogP contribution in [0, 0.1) is 11.6 Å². The van der Waals surface area contributed by atoms with Crippen LogP contribution in [0.15, 0.2) is 64.3 Å². The number of ketones is 1. The average Bonchev–Trinajstić information content (AvgIpc) is 3.55. The summed E-state index contributed by atoms with van der Waals surface area (Å²) in [6, 6.07) is 11.9. The molecule has 3 heterocycles. The summed E-state index contributed by atoms with van der Waals surface area (Å²) < 4.78 is 35.6. The van der Waals surface area contributed by atoms with Gasteiger partial charge in [-0.05, 0) is 74.3 Å². The molecule has 8 nitrogen and oxygen atoms in total. The number of halogens is 2. The van der Waals surface area contributed by atoms with E-state index in [0.29, 0.717) is 29.8 Å². The van der Waals surface area contributed by atoms with Gasteiger partial charge in [-0.2, -0.15) is 0 Å². The number of Topliss-reactive ketones (excluding diaryl/α,β-unsaturated/α-hetero) is 1. The predicted molar refractivity (Wildman–Crippen MR) is 143 cm³/mol. The van der Waals surface area contributed by atoms with Gasteiger partial charge in [-0.1, -0.05) is 6.07 Å². The zero-order valence-corrected chi connectivity index (χ0v) is 21.5. The van der Waals surface area contributed by atoms with Gasteiger partial charge in [-0.25, -0.2) is 13.6 Å². The molecule has 5 rings (SSSR count). The molecule has 1 fully saturated rings. The summed E-state index contributed by atoms with van der Waals surface area (Å²) in [6.45, 7) is 3.90. The van der Waals surface area contributed by atoms with Crippen LogP contribution >= 0.6 is 0 Å². The molecule has 0 unspecified atom stereocenters. The molecule has 0 radical (unpaired) electrons. The number of hydrogen-bond donors (Lipinski definition) is 1. The van der Waals surface area contributed by atoms with Crippen molar-refractivity contribution < 1.29 is 18.3 Å². The normalized spacial score (nSPS) is 13.8. The highest BCUT2D eigenvalue weighted by atomic mass is 19.2. The molecule has 1 N–H and O–H groups in total. The molecule has 204 valence electrons. The summed E-state index contributed by atoms with van der Waals surface area (Å²) in [5, 5.41) is 0. The number of carbonyl (C=O) groups is 1. The Hall–Kier alpha value is -4.05. The van der Waals surface area contributed by atoms with Crippen molar-refractivity contribution in [2.75, 3.05) is 26.2 Å². The third kappa shape index (κ3) is 6.17. The van der Waals surface area contributed by atoms with Gasteiger partial charge in [-0.3, -0.25) is 14.2 Å². The highest BCUT2D eigenvalue weighted by Crippen LogP contribution is 2.19. The van der Waals surface area contributed by atoms with Crippen LogP contribution in [0.2, 0.25) is 0 Å². The summed E-state index contributed by atoms with van der Waals surface area (Å²) in [5.41, 5.74) is 1.33. The standard InChI is InChI=1S/C29H30F2N4O4/c30-23-9-7-20(17-24(23)31)19-34-13-3-5-22(28(34)37)27(36)6-4-16-39-21-8-10-26-25(18-21)32-29(38)35(26)15-14-33-11-1-2-12-33/h3,5,7-10,13,17-18H,1-2,4,6,11-12,14-16,19H2,(H,32,38). The fourth-order valence-corrected chi connectivity index (χ4v) is 4.97. The number of fused-ring (bicyclic) bond motifs is 1. The van der Waals surface area contributed by atoms with Crippen LogP contribution < -0.4 is 16.0 Å². The van der Waals surface area contributed by atoms with Crippen molar-refractivity contribution >= 4 is 16.8 Å². The van der Waals surface area contributed by atoms with Crippen molar-refractivity contribution in [3.05, 3.63) is 98.3 Å². The minimum atomic E-state index is -0.992. The van der Waals surface area contributed by atoms with Gasteiger partial charge in [0.1, 0.15) is 5.75 Å². The largest absolute Gasteiger partial charge is 0.494 e. The highest BCUT2D eigenvalue weighted by Gasteiger charge is 2.15. The Kier molecular flexibility index (Phi) is 8.02. The maximum atomic E-state index is 13.5. The van der Waals surface area contributed by atoms with Gasteiger partial charge in [0.15, 0.2) is 17.4 Å². The molecule has 2 aromatic carbocycles. The van der Waals surface area contributed by atoms with Gasteiger partial charge in [0.2, 0.25) is 0 Å². The number of benzene rings is 2. The quantitative estimate of drug-likeness (QED) is 0.232. The second-order valence-electron chi connectivity index (χ2n) is 9.79. The minimum absolute atomic E-state index is 0.0187. The number of nitrogens with one attached hydrogen (secondary N) is 1. The molecular formula is C29H30F2N4O4. The lowest BCUT2D eigenvalue weighted by Gasteiger charge is -2.14. The van der Waals surface area contributed by atoms with Crippen molar-refractivity contribution in [1.29, 1.82) is 0 Å². The van der Waals surface area contributed by atoms with Crippen molar-refractivity contribution in [3.8, 4) is 5.75 Å². The monoisotopic (exact) mass is 536 g/mol. The van der Waals surface area contributed by atoms with E-state index in [1.54, 1.807) is 22.8 Å². The summed E-state index contributed by atoms with van der Waals surface area (Å²) in [4.78, 5) is 43.2. The smallest absolute Gasteiger partial charge is 0.326 e. The number of ether oxygens (including phenoxy) is 1. The van der Waals surface area contributed by atoms with Gasteiger partial charge in [0, 0.05) is 31.8 Å². The molecule has 0 bridgehead atoms. The number of carbonyl (C=O) groups excluding carboxylic acids is 1. The number of aromatic amines is 1. The van der Waals surface area contributed by atoms with E-state index >= 15 is 0 Å². The Labute approximate surface area is 223 Å². The summed E-state index contributed by atoms with van der Waals surface area (Å²) in [5.74, 6) is -1.69. The fraction of sp³-hybridized carbons (Fsp3) is 0.345. The molecule has 2 aromatic heterocycles. The molecule has 4 aromatic rings. The highest BCUT2D eigenvalue weighted by molar-refractivity contribution is 5.95. The SMILES string of the molecule is O=C(CCCOc1ccc2c(c1)[nH]c(=O)n2CCN1CCCC1)c1cccn(Cc2ccc(F)c(F)c2)c1=O. The van der Waals surface area contributed by atoms with Crippen molar-refractivity contribution in [3.63, 3.8) is 0 Å². The van der Waals surface area contributed by atoms with Crippen LogP contribution in [-0.2, 0) is 13.1 Å². The number of imidazole rings is 1. The van der Waals surface area contributed by atoms with Crippen molar-refractivity contribution in [2.24, 2.45) is 0 Å². The van der Waals surface area contributed by atoms with Gasteiger partial charge in [0.25, 0.3) is 5.56 Å². The molecule has 0 spiro atoms. The number of likely N-dealkylation sites (tertiary alicyclic amines) is 1. The molecule has 0 saturated carbocycles. The van der Waals surface area contributed by atoms with Gasteiger partial charge in [0.05, 0.1) is 29.7 Å². The summed E-state index contributed by atoms with van der Waals surface area (Å²) in [7, 11) is 0. The molecule has 0 amide bonds. The van der Waals surface area contributed by atoms with E-state index in [0.717, 1.165) is 37.3 Å². The summed E-state index contributed by atoms with van der Waals surface area (Å²) >= 11 is 0. The van der Waals surface area contributed by atoms with E-state index in [1.807, 2.05) is 6.07 Å². The molecule has 0 atom stereocenters. The molecule has 1 saturated heterocycles. The first-order valence-corrected chi connectivity index (χ1v) is 13.1. The van der Waals surface area contributed by atoms with E-state index in [-0.39, 0.29) is 36.6 Å². The lowest BCUT2D eigenvalue weighted by Crippen LogP contribution is -2.28. The molecule has 0 aliphatic carbocycles. The number of nitrogens with zero attached hydrogens (tertiary/aromatic N) is 3. The Morgan fingerprint density at radius 2 is 1.79 bits per heavy atom. The molecular weight excluding hydrogens is 506 g/mol. The molecule has 39 heavy (non-hydrogen) atoms. The van der Waals surface area contributed by atoms with E-state index < -0.39 is 17.2 Å². The van der Waals surface area contributed by atoms with Crippen LogP contribution in [-0.4, -0.2) is 51.0 Å². The van der Waals surface area contributed by atoms with E-state index in [9.17, 15) is 23.2 Å². The van der Waals surface area contributed by atoms with E-state index in [2.05, 4.69) is 9.88 Å². The summed E-state index contributed by atoms with van der Waals surface area (Å²) in [6.07, 6.45) is 4.42. The van der Waals surface area contributed by atoms with Gasteiger partial charge >= 0.3 is 5.69 Å². The second kappa shape index (κ2) is 11.8. The first kappa shape index (κ1) is 26.6. The van der Waals surface area contributed by atoms with E-state index in [1.165, 1.54) is 35.7 Å². The predicted octanol–water partition coefficient (Wildman–Crippen LogP) is 3.96. The van der Waals surface area contributed by atoms with Crippen LogP contribution in [0.4, 0.5) is 8.78 Å². The Morgan fingerprint density at radius 3 is 2.59 bits per heavy atom. The second-order valence-corrected chi connectivity index (χ2v) is 9.79. The maximum absolute atomic E-state index is 13.5.